The number of hydrogen-bond acceptors (Lipinski definition) is 2. The molecule has 78 valence electrons. The van der Waals surface area contributed by atoms with Crippen molar-refractivity contribution in [3.63, 3.8) is 0 Å². The summed E-state index contributed by atoms with van der Waals surface area (Å²) in [6.45, 7) is 6.13. The molecule has 0 aromatic heterocycles. The van der Waals surface area contributed by atoms with E-state index in [9.17, 15) is 5.11 Å². The zero-order valence-electron chi connectivity index (χ0n) is 9.05. The Morgan fingerprint density at radius 1 is 1.31 bits per heavy atom. The molecule has 0 bridgehead atoms. The maximum atomic E-state index is 9.66. The summed E-state index contributed by atoms with van der Waals surface area (Å²) >= 11 is 0. The molecule has 0 unspecified atom stereocenters. The molecule has 0 radical (unpaired) electrons. The Morgan fingerprint density at radius 2 is 1.85 bits per heavy atom. The Kier molecular flexibility index (Phi) is 3.74. The van der Waals surface area contributed by atoms with Crippen LogP contribution in [0.15, 0.2) is 0 Å². The molecule has 1 atom stereocenters. The molecule has 1 aliphatic carbocycles. The second kappa shape index (κ2) is 4.43. The van der Waals surface area contributed by atoms with Crippen LogP contribution in [0.2, 0.25) is 0 Å². The van der Waals surface area contributed by atoms with Crippen LogP contribution < -0.4 is 0 Å². The Labute approximate surface area is 81.3 Å². The molecular weight excluding hydrogens is 164 g/mol. The van der Waals surface area contributed by atoms with Gasteiger partial charge in [0.1, 0.15) is 0 Å². The smallest absolute Gasteiger partial charge is 0.157 e. The van der Waals surface area contributed by atoms with Crippen LogP contribution in [0.3, 0.4) is 0 Å². The molecule has 0 aliphatic heterocycles. The molecule has 0 heterocycles. The second-order valence-electron chi connectivity index (χ2n) is 4.50. The first-order valence-corrected chi connectivity index (χ1v) is 5.45. The summed E-state index contributed by atoms with van der Waals surface area (Å²) in [4.78, 5) is 0. The van der Waals surface area contributed by atoms with Crippen molar-refractivity contribution in [1.29, 1.82) is 0 Å². The fourth-order valence-electron chi connectivity index (χ4n) is 1.97. The highest BCUT2D eigenvalue weighted by atomic mass is 16.6. The Hall–Kier alpha value is -0.0800. The molecule has 1 rings (SSSR count). The van der Waals surface area contributed by atoms with Crippen molar-refractivity contribution in [2.75, 3.05) is 0 Å². The zero-order chi connectivity index (χ0) is 9.90. The average Bonchev–Trinajstić information content (AvgIpc) is 2.54. The number of hydrogen-bond donors (Lipinski definition) is 1. The van der Waals surface area contributed by atoms with E-state index in [-0.39, 0.29) is 11.5 Å². The van der Waals surface area contributed by atoms with Crippen LogP contribution in [0, 0.1) is 5.92 Å². The number of aliphatic hydroxyl groups excluding tert-OH is 1. The van der Waals surface area contributed by atoms with Crippen molar-refractivity contribution in [3.05, 3.63) is 0 Å². The molecule has 0 saturated heterocycles. The van der Waals surface area contributed by atoms with E-state index in [2.05, 4.69) is 6.92 Å². The molecule has 1 N–H and O–H groups in total. The molecule has 2 nitrogen and oxygen atoms in total. The van der Waals surface area contributed by atoms with Gasteiger partial charge in [0.2, 0.25) is 0 Å². The Bertz CT molecular complexity index is 148. The van der Waals surface area contributed by atoms with E-state index in [1.807, 2.05) is 13.8 Å². The number of aliphatic hydroxyl groups is 1. The lowest BCUT2D eigenvalue weighted by Gasteiger charge is -2.32. The summed E-state index contributed by atoms with van der Waals surface area (Å²) in [7, 11) is 0. The molecule has 0 aromatic carbocycles. The van der Waals surface area contributed by atoms with Crippen molar-refractivity contribution in [2.45, 2.75) is 64.8 Å². The van der Waals surface area contributed by atoms with Gasteiger partial charge in [0, 0.05) is 5.92 Å². The van der Waals surface area contributed by atoms with Crippen molar-refractivity contribution >= 4 is 0 Å². The monoisotopic (exact) mass is 186 g/mol. The minimum atomic E-state index is -0.585. The highest BCUT2D eigenvalue weighted by Crippen LogP contribution is 2.37. The van der Waals surface area contributed by atoms with Crippen LogP contribution in [0.4, 0.5) is 0 Å². The van der Waals surface area contributed by atoms with Crippen molar-refractivity contribution < 1.29 is 9.84 Å². The summed E-state index contributed by atoms with van der Waals surface area (Å²) in [5.74, 6) is 0.198. The first kappa shape index (κ1) is 11.0. The lowest BCUT2D eigenvalue weighted by atomic mass is 9.98. The lowest BCUT2D eigenvalue weighted by molar-refractivity contribution is -0.203. The molecule has 0 amide bonds. The lowest BCUT2D eigenvalue weighted by Crippen LogP contribution is -2.35. The Balaban J connectivity index is 2.48. The largest absolute Gasteiger partial charge is 0.368 e. The second-order valence-corrected chi connectivity index (χ2v) is 4.50. The summed E-state index contributed by atoms with van der Waals surface area (Å²) in [5.41, 5.74) is -0.0102. The van der Waals surface area contributed by atoms with Crippen LogP contribution in [0.1, 0.15) is 52.9 Å². The van der Waals surface area contributed by atoms with E-state index >= 15 is 0 Å². The fourth-order valence-corrected chi connectivity index (χ4v) is 1.97. The summed E-state index contributed by atoms with van der Waals surface area (Å²) in [6, 6.07) is 0. The van der Waals surface area contributed by atoms with Crippen LogP contribution in [-0.2, 0) is 4.74 Å². The Morgan fingerprint density at radius 3 is 2.23 bits per heavy atom. The SMILES string of the molecule is CCC1(O[C@H](O)C(C)C)CCCC1. The third-order valence-electron chi connectivity index (χ3n) is 3.10. The van der Waals surface area contributed by atoms with E-state index in [0.29, 0.717) is 0 Å². The molecule has 0 spiro atoms. The molecule has 2 heteroatoms. The molecule has 1 aliphatic rings. The van der Waals surface area contributed by atoms with Crippen LogP contribution in [-0.4, -0.2) is 17.0 Å². The standard InChI is InChI=1S/C11H22O2/c1-4-11(7-5-6-8-11)13-10(12)9(2)3/h9-10,12H,4-8H2,1-3H3/t10-/m0/s1. The van der Waals surface area contributed by atoms with Crippen molar-refractivity contribution in [3.8, 4) is 0 Å². The number of rotatable bonds is 4. The van der Waals surface area contributed by atoms with E-state index in [1.165, 1.54) is 12.8 Å². The topological polar surface area (TPSA) is 29.5 Å². The normalized spacial score (nSPS) is 23.8. The van der Waals surface area contributed by atoms with Crippen LogP contribution in [0.5, 0.6) is 0 Å². The van der Waals surface area contributed by atoms with Gasteiger partial charge >= 0.3 is 0 Å². The van der Waals surface area contributed by atoms with Gasteiger partial charge in [0.25, 0.3) is 0 Å². The zero-order valence-corrected chi connectivity index (χ0v) is 9.05. The minimum Gasteiger partial charge on any atom is -0.368 e. The maximum absolute atomic E-state index is 9.66. The van der Waals surface area contributed by atoms with Gasteiger partial charge in [0.05, 0.1) is 5.60 Å². The van der Waals surface area contributed by atoms with E-state index < -0.39 is 6.29 Å². The first-order valence-electron chi connectivity index (χ1n) is 5.45. The summed E-state index contributed by atoms with van der Waals surface area (Å²) in [5, 5.41) is 9.66. The van der Waals surface area contributed by atoms with Crippen molar-refractivity contribution in [1.82, 2.24) is 0 Å². The van der Waals surface area contributed by atoms with Gasteiger partial charge in [0.15, 0.2) is 6.29 Å². The molecular formula is C11H22O2. The van der Waals surface area contributed by atoms with Crippen LogP contribution >= 0.6 is 0 Å². The number of ether oxygens (including phenoxy) is 1. The maximum Gasteiger partial charge on any atom is 0.157 e. The third kappa shape index (κ3) is 2.68. The van der Waals surface area contributed by atoms with Gasteiger partial charge in [-0.2, -0.15) is 0 Å². The van der Waals surface area contributed by atoms with E-state index in [0.717, 1.165) is 19.3 Å². The molecule has 13 heavy (non-hydrogen) atoms. The van der Waals surface area contributed by atoms with E-state index in [1.54, 1.807) is 0 Å². The third-order valence-corrected chi connectivity index (χ3v) is 3.10. The van der Waals surface area contributed by atoms with Gasteiger partial charge in [-0.25, -0.2) is 0 Å². The van der Waals surface area contributed by atoms with Gasteiger partial charge in [-0.3, -0.25) is 0 Å². The first-order chi connectivity index (χ1) is 6.09. The summed E-state index contributed by atoms with van der Waals surface area (Å²) in [6.07, 6.45) is 5.17. The van der Waals surface area contributed by atoms with Crippen LogP contribution in [0.25, 0.3) is 0 Å². The van der Waals surface area contributed by atoms with Gasteiger partial charge < -0.3 is 9.84 Å². The summed E-state index contributed by atoms with van der Waals surface area (Å²) < 4.78 is 5.77. The predicted octanol–water partition coefficient (Wildman–Crippen LogP) is 2.70. The van der Waals surface area contributed by atoms with E-state index in [4.69, 9.17) is 4.74 Å². The highest BCUT2D eigenvalue weighted by Gasteiger charge is 2.35. The highest BCUT2D eigenvalue weighted by molar-refractivity contribution is 4.85. The van der Waals surface area contributed by atoms with Gasteiger partial charge in [-0.1, -0.05) is 33.6 Å². The van der Waals surface area contributed by atoms with Gasteiger partial charge in [-0.15, -0.1) is 0 Å². The quantitative estimate of drug-likeness (QED) is 0.684. The minimum absolute atomic E-state index is 0.0102. The molecule has 1 saturated carbocycles. The van der Waals surface area contributed by atoms with Crippen molar-refractivity contribution in [2.24, 2.45) is 5.92 Å². The predicted molar refractivity (Wildman–Crippen MR) is 53.4 cm³/mol. The average molecular weight is 186 g/mol. The molecule has 1 fully saturated rings. The fraction of sp³-hybridized carbons (Fsp3) is 1.00. The van der Waals surface area contributed by atoms with Gasteiger partial charge in [-0.05, 0) is 19.3 Å². The molecule has 0 aromatic rings.